The minimum Gasteiger partial charge on any atom is -0.480 e. The Hall–Kier alpha value is -1.17. The first-order valence-corrected chi connectivity index (χ1v) is 3.34. The van der Waals surface area contributed by atoms with E-state index in [1.807, 2.05) is 5.32 Å². The molecule has 0 aromatic heterocycles. The summed E-state index contributed by atoms with van der Waals surface area (Å²) < 4.78 is 12.6. The van der Waals surface area contributed by atoms with Crippen molar-refractivity contribution in [2.24, 2.45) is 5.73 Å². The summed E-state index contributed by atoms with van der Waals surface area (Å²) in [6.45, 7) is 0.733. The maximum Gasteiger partial charge on any atom is 0.322 e. The maximum atomic E-state index is 12.6. The van der Waals surface area contributed by atoms with Crippen molar-refractivity contribution in [1.82, 2.24) is 5.32 Å². The number of carboxylic acid groups (broad SMARTS) is 1. The number of hydrogen-bond donors (Lipinski definition) is 3. The lowest BCUT2D eigenvalue weighted by Gasteiger charge is -2.10. The van der Waals surface area contributed by atoms with Crippen molar-refractivity contribution in [3.05, 3.63) is 0 Å². The fraction of sp³-hybridized carbons (Fsp3) is 0.667. The molecule has 2 atom stereocenters. The Morgan fingerprint density at radius 3 is 2.50 bits per heavy atom. The van der Waals surface area contributed by atoms with Crippen LogP contribution in [0.2, 0.25) is 0 Å². The van der Waals surface area contributed by atoms with E-state index in [9.17, 15) is 14.0 Å². The number of halogens is 1. The lowest BCUT2D eigenvalue weighted by atomic mass is 10.2. The largest absolute Gasteiger partial charge is 0.480 e. The highest BCUT2D eigenvalue weighted by atomic mass is 19.1. The van der Waals surface area contributed by atoms with Gasteiger partial charge in [0, 0.05) is 6.04 Å². The molecule has 70 valence electrons. The van der Waals surface area contributed by atoms with E-state index in [0.29, 0.717) is 0 Å². The van der Waals surface area contributed by atoms with E-state index >= 15 is 0 Å². The molecule has 0 aromatic rings. The summed E-state index contributed by atoms with van der Waals surface area (Å²) in [4.78, 5) is 20.6. The first-order valence-electron chi connectivity index (χ1n) is 3.34. The summed E-state index contributed by atoms with van der Waals surface area (Å²) in [5.41, 5.74) is 5.06. The molecule has 0 aromatic carbocycles. The van der Waals surface area contributed by atoms with Crippen LogP contribution in [0, 0.1) is 0 Å². The fourth-order valence-corrected chi connectivity index (χ4v) is 0.499. The highest BCUT2D eigenvalue weighted by Gasteiger charge is 2.21. The van der Waals surface area contributed by atoms with Crippen LogP contribution in [-0.4, -0.2) is 35.7 Å². The molecule has 0 bridgehead atoms. The van der Waals surface area contributed by atoms with Crippen LogP contribution in [0.5, 0.6) is 0 Å². The zero-order valence-corrected chi connectivity index (χ0v) is 6.58. The van der Waals surface area contributed by atoms with Gasteiger partial charge in [0.25, 0.3) is 5.91 Å². The minimum atomic E-state index is -1.86. The number of rotatable bonds is 4. The van der Waals surface area contributed by atoms with Crippen molar-refractivity contribution in [2.75, 3.05) is 6.54 Å². The predicted octanol–water partition coefficient (Wildman–Crippen LogP) is -1.13. The van der Waals surface area contributed by atoms with Gasteiger partial charge in [-0.25, -0.2) is 4.39 Å². The Labute approximate surface area is 68.7 Å². The number of carboxylic acids is 1. The predicted molar refractivity (Wildman–Crippen MR) is 39.2 cm³/mol. The number of hydrogen-bond acceptors (Lipinski definition) is 3. The normalized spacial score (nSPS) is 14.9. The fourth-order valence-electron chi connectivity index (χ4n) is 0.499. The summed E-state index contributed by atoms with van der Waals surface area (Å²) in [6.07, 6.45) is -1.86. The second-order valence-electron chi connectivity index (χ2n) is 2.37. The van der Waals surface area contributed by atoms with Gasteiger partial charge in [0.05, 0.1) is 0 Å². The number of nitrogens with one attached hydrogen (secondary N) is 1. The molecule has 0 radical (unpaired) electrons. The third kappa shape index (κ3) is 3.87. The van der Waals surface area contributed by atoms with E-state index in [1.165, 1.54) is 6.92 Å². The Balaban J connectivity index is 3.80. The van der Waals surface area contributed by atoms with Gasteiger partial charge in [-0.2, -0.15) is 0 Å². The second kappa shape index (κ2) is 4.66. The van der Waals surface area contributed by atoms with Gasteiger partial charge in [0.15, 0.2) is 6.17 Å². The molecule has 0 aliphatic heterocycles. The zero-order valence-electron chi connectivity index (χ0n) is 6.58. The van der Waals surface area contributed by atoms with Crippen LogP contribution in [0.1, 0.15) is 6.92 Å². The molecule has 1 amide bonds. The van der Waals surface area contributed by atoms with E-state index in [-0.39, 0.29) is 0 Å². The molecule has 5 nitrogen and oxygen atoms in total. The number of alkyl halides is 1. The third-order valence-corrected chi connectivity index (χ3v) is 1.13. The van der Waals surface area contributed by atoms with Gasteiger partial charge < -0.3 is 16.2 Å². The van der Waals surface area contributed by atoms with Crippen molar-refractivity contribution in [1.29, 1.82) is 0 Å². The number of carbonyl (C=O) groups is 2. The second-order valence-corrected chi connectivity index (χ2v) is 2.37. The average Bonchev–Trinajstić information content (AvgIpc) is 1.98. The summed E-state index contributed by atoms with van der Waals surface area (Å²) in [5.74, 6) is -2.22. The average molecular weight is 178 g/mol. The highest BCUT2D eigenvalue weighted by Crippen LogP contribution is 1.94. The molecule has 0 spiro atoms. The van der Waals surface area contributed by atoms with Gasteiger partial charge in [-0.1, -0.05) is 0 Å². The number of carbonyl (C=O) groups excluding carboxylic acids is 1. The Morgan fingerprint density at radius 2 is 2.17 bits per heavy atom. The van der Waals surface area contributed by atoms with E-state index in [4.69, 9.17) is 10.8 Å². The van der Waals surface area contributed by atoms with Crippen LogP contribution < -0.4 is 11.1 Å². The quantitative estimate of drug-likeness (QED) is 0.508. The van der Waals surface area contributed by atoms with Crippen LogP contribution in [-0.2, 0) is 9.59 Å². The minimum absolute atomic E-state index is 0.591. The molecule has 0 heterocycles. The number of aliphatic carboxylic acids is 1. The molecular weight excluding hydrogens is 167 g/mol. The van der Waals surface area contributed by atoms with E-state index in [0.717, 1.165) is 0 Å². The summed E-state index contributed by atoms with van der Waals surface area (Å²) in [6, 6.07) is -0.932. The number of amides is 1. The van der Waals surface area contributed by atoms with E-state index < -0.39 is 30.6 Å². The van der Waals surface area contributed by atoms with Gasteiger partial charge >= 0.3 is 5.97 Å². The lowest BCUT2D eigenvalue weighted by molar-refractivity contribution is -0.138. The Morgan fingerprint density at radius 1 is 1.67 bits per heavy atom. The third-order valence-electron chi connectivity index (χ3n) is 1.13. The molecule has 0 aliphatic rings. The van der Waals surface area contributed by atoms with Crippen molar-refractivity contribution in [2.45, 2.75) is 19.1 Å². The van der Waals surface area contributed by atoms with Crippen molar-refractivity contribution in [3.8, 4) is 0 Å². The number of nitrogens with two attached hydrogens (primary N) is 1. The topological polar surface area (TPSA) is 92.4 Å². The van der Waals surface area contributed by atoms with E-state index in [1.54, 1.807) is 0 Å². The van der Waals surface area contributed by atoms with Gasteiger partial charge in [-0.05, 0) is 6.92 Å². The van der Waals surface area contributed by atoms with Crippen LogP contribution in [0.15, 0.2) is 0 Å². The summed E-state index contributed by atoms with van der Waals surface area (Å²) >= 11 is 0. The summed E-state index contributed by atoms with van der Waals surface area (Å²) in [7, 11) is 0. The Kier molecular flexibility index (Phi) is 4.20. The van der Waals surface area contributed by atoms with Crippen LogP contribution in [0.25, 0.3) is 0 Å². The van der Waals surface area contributed by atoms with Crippen molar-refractivity contribution < 1.29 is 19.1 Å². The van der Waals surface area contributed by atoms with Crippen molar-refractivity contribution in [3.63, 3.8) is 0 Å². The van der Waals surface area contributed by atoms with Gasteiger partial charge in [0.1, 0.15) is 6.54 Å². The molecular formula is C6H11FN2O3. The molecule has 0 aliphatic carbocycles. The van der Waals surface area contributed by atoms with Gasteiger partial charge in [-0.3, -0.25) is 9.59 Å². The van der Waals surface area contributed by atoms with Crippen LogP contribution in [0.4, 0.5) is 4.39 Å². The monoisotopic (exact) mass is 178 g/mol. The molecule has 0 saturated carbocycles. The molecule has 0 fully saturated rings. The summed E-state index contributed by atoms with van der Waals surface area (Å²) in [5, 5.41) is 9.98. The molecule has 6 heteroatoms. The van der Waals surface area contributed by atoms with Crippen molar-refractivity contribution >= 4 is 11.9 Å². The standard InChI is InChI=1S/C6H11FN2O3/c1-3(8)5(7)6(12)9-2-4(10)11/h3,5H,2,8H2,1H3,(H,9,12)(H,10,11)/t3-,5+/m0/s1. The first kappa shape index (κ1) is 10.8. The first-order chi connectivity index (χ1) is 5.45. The maximum absolute atomic E-state index is 12.6. The van der Waals surface area contributed by atoms with Crippen LogP contribution >= 0.6 is 0 Å². The molecule has 0 saturated heterocycles. The van der Waals surface area contributed by atoms with E-state index in [2.05, 4.69) is 0 Å². The molecule has 12 heavy (non-hydrogen) atoms. The SMILES string of the molecule is C[C@H](N)[C@@H](F)C(=O)NCC(=O)O. The smallest absolute Gasteiger partial charge is 0.322 e. The Bertz CT molecular complexity index is 184. The molecule has 0 rings (SSSR count). The van der Waals surface area contributed by atoms with Gasteiger partial charge in [0.2, 0.25) is 0 Å². The molecule has 0 unspecified atom stereocenters. The van der Waals surface area contributed by atoms with Gasteiger partial charge in [-0.15, -0.1) is 0 Å². The zero-order chi connectivity index (χ0) is 9.72. The lowest BCUT2D eigenvalue weighted by Crippen LogP contribution is -2.43. The van der Waals surface area contributed by atoms with Crippen LogP contribution in [0.3, 0.4) is 0 Å². The highest BCUT2D eigenvalue weighted by molar-refractivity contribution is 5.84. The molecule has 4 N–H and O–H groups in total.